The summed E-state index contributed by atoms with van der Waals surface area (Å²) in [6.07, 6.45) is 3.11. The van der Waals surface area contributed by atoms with Gasteiger partial charge in [0, 0.05) is 12.8 Å². The molecular weight excluding hydrogens is 238 g/mol. The first-order chi connectivity index (χ1) is 8.22. The first-order valence-corrected chi connectivity index (χ1v) is 5.78. The highest BCUT2D eigenvalue weighted by molar-refractivity contribution is 5.69. The standard InChI is InChI=1S/C12H19NO5/c1-11(2,3)18-10(16)13-12(6-4-8-17-12)7-5-9(14)15/h4,8H,5-7H2,1-3H3,(H,13,16)(H,14,15). The van der Waals surface area contributed by atoms with Crippen molar-refractivity contribution in [2.45, 2.75) is 51.4 Å². The van der Waals surface area contributed by atoms with Crippen LogP contribution in [0.1, 0.15) is 40.0 Å². The Kier molecular flexibility index (Phi) is 4.21. The Morgan fingerprint density at radius 2 is 2.17 bits per heavy atom. The summed E-state index contributed by atoms with van der Waals surface area (Å²) in [4.78, 5) is 22.3. The first-order valence-electron chi connectivity index (χ1n) is 5.78. The van der Waals surface area contributed by atoms with E-state index >= 15 is 0 Å². The van der Waals surface area contributed by atoms with Gasteiger partial charge in [-0.1, -0.05) is 0 Å². The van der Waals surface area contributed by atoms with Gasteiger partial charge in [0.1, 0.15) is 5.60 Å². The Labute approximate surface area is 106 Å². The second-order valence-electron chi connectivity index (χ2n) is 5.21. The number of carbonyl (C=O) groups excluding carboxylic acids is 1. The van der Waals surface area contributed by atoms with Crippen molar-refractivity contribution in [1.29, 1.82) is 0 Å². The molecule has 1 atom stereocenters. The fourth-order valence-electron chi connectivity index (χ4n) is 1.57. The minimum atomic E-state index is -0.999. The number of amides is 1. The molecule has 0 spiro atoms. The largest absolute Gasteiger partial charge is 0.481 e. The van der Waals surface area contributed by atoms with Gasteiger partial charge in [-0.3, -0.25) is 10.1 Å². The van der Waals surface area contributed by atoms with Gasteiger partial charge in [0.2, 0.25) is 0 Å². The van der Waals surface area contributed by atoms with Crippen LogP contribution in [0.25, 0.3) is 0 Å². The number of rotatable bonds is 4. The number of ether oxygens (including phenoxy) is 2. The van der Waals surface area contributed by atoms with Crippen molar-refractivity contribution >= 4 is 12.1 Å². The van der Waals surface area contributed by atoms with Crippen LogP contribution in [-0.4, -0.2) is 28.5 Å². The van der Waals surface area contributed by atoms with Crippen LogP contribution in [0, 0.1) is 0 Å². The van der Waals surface area contributed by atoms with Gasteiger partial charge in [-0.2, -0.15) is 0 Å². The molecule has 1 rings (SSSR count). The highest BCUT2D eigenvalue weighted by Gasteiger charge is 2.36. The predicted molar refractivity (Wildman–Crippen MR) is 63.8 cm³/mol. The summed E-state index contributed by atoms with van der Waals surface area (Å²) in [7, 11) is 0. The monoisotopic (exact) mass is 257 g/mol. The number of hydrogen-bond donors (Lipinski definition) is 2. The number of carboxylic acid groups (broad SMARTS) is 1. The number of alkyl carbamates (subject to hydrolysis) is 1. The zero-order valence-corrected chi connectivity index (χ0v) is 10.9. The molecule has 0 bridgehead atoms. The summed E-state index contributed by atoms with van der Waals surface area (Å²) in [6.45, 7) is 5.26. The normalized spacial score (nSPS) is 22.4. The summed E-state index contributed by atoms with van der Waals surface area (Å²) < 4.78 is 10.4. The maximum Gasteiger partial charge on any atom is 0.410 e. The molecule has 0 radical (unpaired) electrons. The van der Waals surface area contributed by atoms with Crippen molar-refractivity contribution in [3.8, 4) is 0 Å². The molecular formula is C12H19NO5. The van der Waals surface area contributed by atoms with Gasteiger partial charge in [-0.25, -0.2) is 4.79 Å². The first kappa shape index (κ1) is 14.3. The smallest absolute Gasteiger partial charge is 0.410 e. The van der Waals surface area contributed by atoms with Crippen molar-refractivity contribution in [2.75, 3.05) is 0 Å². The van der Waals surface area contributed by atoms with Crippen LogP contribution >= 0.6 is 0 Å². The topological polar surface area (TPSA) is 84.9 Å². The van der Waals surface area contributed by atoms with E-state index in [1.54, 1.807) is 26.8 Å². The minimum Gasteiger partial charge on any atom is -0.481 e. The molecule has 1 heterocycles. The lowest BCUT2D eigenvalue weighted by molar-refractivity contribution is -0.138. The highest BCUT2D eigenvalue weighted by atomic mass is 16.6. The molecule has 0 aromatic carbocycles. The lowest BCUT2D eigenvalue weighted by atomic mass is 10.0. The third-order valence-electron chi connectivity index (χ3n) is 2.31. The van der Waals surface area contributed by atoms with E-state index in [2.05, 4.69) is 5.32 Å². The molecule has 1 aliphatic heterocycles. The maximum absolute atomic E-state index is 11.7. The summed E-state index contributed by atoms with van der Waals surface area (Å²) in [6, 6.07) is 0. The molecule has 1 amide bonds. The summed E-state index contributed by atoms with van der Waals surface area (Å²) >= 11 is 0. The Morgan fingerprint density at radius 1 is 1.50 bits per heavy atom. The van der Waals surface area contributed by atoms with E-state index in [0.717, 1.165) is 0 Å². The van der Waals surface area contributed by atoms with Crippen LogP contribution in [0.3, 0.4) is 0 Å². The number of hydrogen-bond acceptors (Lipinski definition) is 4. The van der Waals surface area contributed by atoms with Crippen molar-refractivity contribution in [3.05, 3.63) is 12.3 Å². The number of aliphatic carboxylic acids is 1. The van der Waals surface area contributed by atoms with Gasteiger partial charge in [0.15, 0.2) is 5.72 Å². The van der Waals surface area contributed by atoms with E-state index in [1.165, 1.54) is 6.26 Å². The van der Waals surface area contributed by atoms with Crippen molar-refractivity contribution in [3.63, 3.8) is 0 Å². The SMILES string of the molecule is CC(C)(C)OC(=O)NC1(CCC(=O)O)CC=CO1. The van der Waals surface area contributed by atoms with Gasteiger partial charge in [0.05, 0.1) is 12.7 Å². The van der Waals surface area contributed by atoms with Gasteiger partial charge in [-0.05, 0) is 26.8 Å². The third-order valence-corrected chi connectivity index (χ3v) is 2.31. The molecule has 0 aliphatic carbocycles. The summed E-state index contributed by atoms with van der Waals surface area (Å²) in [5, 5.41) is 11.3. The van der Waals surface area contributed by atoms with Gasteiger partial charge in [-0.15, -0.1) is 0 Å². The highest BCUT2D eigenvalue weighted by Crippen LogP contribution is 2.26. The average molecular weight is 257 g/mol. The zero-order chi connectivity index (χ0) is 13.8. The lowest BCUT2D eigenvalue weighted by Crippen LogP contribution is -2.50. The molecule has 102 valence electrons. The Hall–Kier alpha value is -1.72. The van der Waals surface area contributed by atoms with Crippen LogP contribution in [0.5, 0.6) is 0 Å². The molecule has 18 heavy (non-hydrogen) atoms. The van der Waals surface area contributed by atoms with Crippen LogP contribution in [0.4, 0.5) is 4.79 Å². The third kappa shape index (κ3) is 4.65. The fourth-order valence-corrected chi connectivity index (χ4v) is 1.57. The lowest BCUT2D eigenvalue weighted by Gasteiger charge is -2.30. The minimum absolute atomic E-state index is 0.0858. The average Bonchev–Trinajstić information content (AvgIpc) is 2.61. The maximum atomic E-state index is 11.7. The molecule has 2 N–H and O–H groups in total. The molecule has 0 aromatic heterocycles. The van der Waals surface area contributed by atoms with Gasteiger partial charge >= 0.3 is 12.1 Å². The molecule has 6 nitrogen and oxygen atoms in total. The molecule has 0 saturated carbocycles. The van der Waals surface area contributed by atoms with E-state index < -0.39 is 23.4 Å². The fraction of sp³-hybridized carbons (Fsp3) is 0.667. The van der Waals surface area contributed by atoms with Crippen LogP contribution < -0.4 is 5.32 Å². The summed E-state index contributed by atoms with van der Waals surface area (Å²) in [5.41, 5.74) is -1.61. The molecule has 0 saturated heterocycles. The second-order valence-corrected chi connectivity index (χ2v) is 5.21. The van der Waals surface area contributed by atoms with Crippen LogP contribution in [0.15, 0.2) is 12.3 Å². The second kappa shape index (κ2) is 5.29. The van der Waals surface area contributed by atoms with E-state index in [-0.39, 0.29) is 12.8 Å². The van der Waals surface area contributed by atoms with E-state index in [0.29, 0.717) is 6.42 Å². The number of carboxylic acids is 1. The number of nitrogens with one attached hydrogen (secondary N) is 1. The van der Waals surface area contributed by atoms with Gasteiger partial charge < -0.3 is 14.6 Å². The molecule has 1 aliphatic rings. The molecule has 1 unspecified atom stereocenters. The Balaban J connectivity index is 2.57. The Bertz CT molecular complexity index is 348. The molecule has 0 aromatic rings. The van der Waals surface area contributed by atoms with Crippen LogP contribution in [-0.2, 0) is 14.3 Å². The zero-order valence-electron chi connectivity index (χ0n) is 10.9. The van der Waals surface area contributed by atoms with E-state index in [9.17, 15) is 9.59 Å². The van der Waals surface area contributed by atoms with Crippen molar-refractivity contribution in [1.82, 2.24) is 5.32 Å². The number of carbonyl (C=O) groups is 2. The van der Waals surface area contributed by atoms with Crippen LogP contribution in [0.2, 0.25) is 0 Å². The molecule has 6 heteroatoms. The van der Waals surface area contributed by atoms with Crippen molar-refractivity contribution in [2.24, 2.45) is 0 Å². The van der Waals surface area contributed by atoms with E-state index in [4.69, 9.17) is 14.6 Å². The predicted octanol–water partition coefficient (Wildman–Crippen LogP) is 2.01. The molecule has 0 fully saturated rings. The summed E-state index contributed by atoms with van der Waals surface area (Å²) in [5.74, 6) is -0.934. The Morgan fingerprint density at radius 3 is 2.61 bits per heavy atom. The van der Waals surface area contributed by atoms with Gasteiger partial charge in [0.25, 0.3) is 0 Å². The van der Waals surface area contributed by atoms with Crippen molar-refractivity contribution < 1.29 is 24.2 Å². The quantitative estimate of drug-likeness (QED) is 0.804. The van der Waals surface area contributed by atoms with E-state index in [1.807, 2.05) is 0 Å².